The molecule has 4 aromatic rings. The van der Waals surface area contributed by atoms with Crippen LogP contribution in [0, 0.1) is 4.84 Å². The minimum Gasteiger partial charge on any atom is -0.497 e. The van der Waals surface area contributed by atoms with Crippen molar-refractivity contribution in [2.45, 2.75) is 31.5 Å². The van der Waals surface area contributed by atoms with Crippen LogP contribution in [-0.2, 0) is 32.8 Å². The van der Waals surface area contributed by atoms with Crippen molar-refractivity contribution in [2.24, 2.45) is 7.05 Å². The minimum absolute atomic E-state index is 0.456. The van der Waals surface area contributed by atoms with Crippen molar-refractivity contribution in [3.05, 3.63) is 88.9 Å². The molecule has 0 radical (unpaired) electrons. The van der Waals surface area contributed by atoms with Crippen LogP contribution in [0.4, 0.5) is 0 Å². The number of nitrogens with one attached hydrogen (secondary N) is 1. The second-order valence-electron chi connectivity index (χ2n) is 11.0. The van der Waals surface area contributed by atoms with E-state index in [0.29, 0.717) is 41.7 Å². The number of nitrogens with zero attached hydrogens (tertiary/aromatic N) is 3. The van der Waals surface area contributed by atoms with Crippen LogP contribution in [0.15, 0.2) is 77.4 Å². The molecular weight excluding hydrogens is 672 g/mol. The Bertz CT molecular complexity index is 1860. The number of fused-ring (bicyclic) bond motifs is 2. The number of pyridine rings is 1. The number of hydrogen-bond acceptors (Lipinski definition) is 11. The van der Waals surface area contributed by atoms with Crippen LogP contribution >= 0.6 is 12.2 Å². The second kappa shape index (κ2) is 18.9. The molecule has 0 saturated carbocycles. The number of carboxylic acids is 4. The molecule has 0 unspecified atom stereocenters. The molecule has 1 fully saturated rings. The number of carboxylic acid groups (broad SMARTS) is 4. The number of benzene rings is 2. The predicted molar refractivity (Wildman–Crippen MR) is 184 cm³/mol. The highest BCUT2D eigenvalue weighted by Gasteiger charge is 2.22. The molecule has 2 aromatic heterocycles. The molecule has 1 aliphatic rings. The summed E-state index contributed by atoms with van der Waals surface area (Å²) in [7, 11) is 3.57. The molecule has 3 heterocycles. The molecule has 1 atom stereocenters. The zero-order chi connectivity index (χ0) is 36.8. The Labute approximate surface area is 291 Å². The van der Waals surface area contributed by atoms with E-state index in [0.717, 1.165) is 65.8 Å². The predicted octanol–water partition coefficient (Wildman–Crippen LogP) is 3.77. The number of β-amino-alcohol motifs (C(OH)–C–C–N with tert-alkyl or cyclic N) is 1. The average Bonchev–Trinajstić information content (AvgIpc) is 3.37. The molecule has 5 rings (SSSR count). The van der Waals surface area contributed by atoms with Gasteiger partial charge in [0.1, 0.15) is 5.75 Å². The van der Waals surface area contributed by atoms with Crippen molar-refractivity contribution >= 4 is 58.1 Å². The Kier molecular flexibility index (Phi) is 14.8. The number of rotatable bonds is 11. The number of aliphatic hydroxyl groups excluding tert-OH is 1. The van der Waals surface area contributed by atoms with E-state index in [1.807, 2.05) is 35.9 Å². The van der Waals surface area contributed by atoms with Gasteiger partial charge in [0.25, 0.3) is 4.84 Å². The Morgan fingerprint density at radius 2 is 1.56 bits per heavy atom. The number of methoxy groups -OCH3 is 1. The van der Waals surface area contributed by atoms with E-state index in [1.54, 1.807) is 13.3 Å². The van der Waals surface area contributed by atoms with E-state index in [9.17, 15) is 24.3 Å². The van der Waals surface area contributed by atoms with Gasteiger partial charge >= 0.3 is 23.9 Å². The van der Waals surface area contributed by atoms with E-state index >= 15 is 0 Å². The molecule has 1 saturated heterocycles. The first-order valence-electron chi connectivity index (χ1n) is 15.2. The number of likely N-dealkylation sites (tertiary alicyclic amines) is 1. The summed E-state index contributed by atoms with van der Waals surface area (Å²) in [6, 6.07) is 14.4. The third-order valence-electron chi connectivity index (χ3n) is 7.55. The van der Waals surface area contributed by atoms with Gasteiger partial charge in [0, 0.05) is 62.1 Å². The summed E-state index contributed by atoms with van der Waals surface area (Å²) in [4.78, 5) is 45.5. The molecule has 50 heavy (non-hydrogen) atoms. The van der Waals surface area contributed by atoms with E-state index in [-0.39, 0.29) is 0 Å². The highest BCUT2D eigenvalue weighted by Crippen LogP contribution is 2.28. The largest absolute Gasteiger partial charge is 0.497 e. The van der Waals surface area contributed by atoms with Gasteiger partial charge in [0.2, 0.25) is 0 Å². The number of aryl methyl sites for hydroxylation is 1. The van der Waals surface area contributed by atoms with E-state index in [1.165, 1.54) is 5.56 Å². The number of carbonyl (C=O) groups is 4. The fourth-order valence-electron chi connectivity index (χ4n) is 5.06. The zero-order valence-electron chi connectivity index (χ0n) is 27.3. The van der Waals surface area contributed by atoms with Crippen molar-refractivity contribution in [1.29, 1.82) is 0 Å². The molecule has 0 spiro atoms. The van der Waals surface area contributed by atoms with Gasteiger partial charge in [0.15, 0.2) is 5.58 Å². The standard InChI is InChI=1S/C26H30N4O3S.2C4H4O4/c1-29-23-6-3-17(13-25(23)33-26(29)34)15-28-18-8-11-30(12-9-18)16-24(31)20-7-10-27-22-5-4-19(32-2)14-21(20)22;2*5-3(6)1-2-4(7)8/h3-7,10,13-14,18,24,28,31H,8-9,11-12,15-16H2,1-2H3;2*1-2H,(H,5,6)(H,7,8)/t24-;;/m0../s1. The zero-order valence-corrected chi connectivity index (χ0v) is 28.1. The molecule has 2 aromatic carbocycles. The van der Waals surface area contributed by atoms with Gasteiger partial charge in [-0.1, -0.05) is 6.07 Å². The minimum atomic E-state index is -1.26. The highest BCUT2D eigenvalue weighted by molar-refractivity contribution is 7.71. The van der Waals surface area contributed by atoms with Crippen LogP contribution in [-0.4, -0.2) is 96.6 Å². The molecule has 6 N–H and O–H groups in total. The van der Waals surface area contributed by atoms with Gasteiger partial charge in [-0.05, 0) is 85.7 Å². The fraction of sp³-hybridized carbons (Fsp3) is 0.294. The van der Waals surface area contributed by atoms with E-state index in [4.69, 9.17) is 41.8 Å². The lowest BCUT2D eigenvalue weighted by Gasteiger charge is -2.33. The molecule has 16 heteroatoms. The van der Waals surface area contributed by atoms with Crippen LogP contribution < -0.4 is 10.1 Å². The summed E-state index contributed by atoms with van der Waals surface area (Å²) in [6.07, 6.45) is 5.52. The second-order valence-corrected chi connectivity index (χ2v) is 11.4. The topological polar surface area (TPSA) is 225 Å². The summed E-state index contributed by atoms with van der Waals surface area (Å²) < 4.78 is 12.9. The molecule has 266 valence electrons. The van der Waals surface area contributed by atoms with Gasteiger partial charge in [-0.2, -0.15) is 0 Å². The molecule has 0 amide bonds. The van der Waals surface area contributed by atoms with Gasteiger partial charge in [-0.25, -0.2) is 19.2 Å². The van der Waals surface area contributed by atoms with Crippen LogP contribution in [0.5, 0.6) is 5.75 Å². The third kappa shape index (κ3) is 12.2. The fourth-order valence-corrected chi connectivity index (χ4v) is 5.25. The van der Waals surface area contributed by atoms with Crippen molar-refractivity contribution in [1.82, 2.24) is 19.8 Å². The summed E-state index contributed by atoms with van der Waals surface area (Å²) in [5.74, 6) is -4.26. The lowest BCUT2D eigenvalue weighted by molar-refractivity contribution is -0.134. The van der Waals surface area contributed by atoms with Crippen LogP contribution in [0.2, 0.25) is 0 Å². The van der Waals surface area contributed by atoms with Gasteiger partial charge in [-0.15, -0.1) is 0 Å². The smallest absolute Gasteiger partial charge is 0.328 e. The van der Waals surface area contributed by atoms with Gasteiger partial charge in [0.05, 0.1) is 24.2 Å². The number of aliphatic hydroxyl groups is 1. The number of hydrogen-bond donors (Lipinski definition) is 6. The van der Waals surface area contributed by atoms with Crippen LogP contribution in [0.1, 0.15) is 30.1 Å². The number of piperidine rings is 1. The monoisotopic (exact) mass is 710 g/mol. The molecular formula is C34H38N4O11S. The van der Waals surface area contributed by atoms with Crippen LogP contribution in [0.3, 0.4) is 0 Å². The third-order valence-corrected chi connectivity index (χ3v) is 7.91. The van der Waals surface area contributed by atoms with Crippen molar-refractivity contribution < 1.29 is 53.9 Å². The maximum Gasteiger partial charge on any atom is 0.328 e. The quantitative estimate of drug-likeness (QED) is 0.0963. The van der Waals surface area contributed by atoms with Gasteiger partial charge in [-0.3, -0.25) is 4.98 Å². The summed E-state index contributed by atoms with van der Waals surface area (Å²) in [6.45, 7) is 3.31. The van der Waals surface area contributed by atoms with E-state index < -0.39 is 30.0 Å². The Hall–Kier alpha value is -5.42. The SMILES string of the molecule is COc1ccc2nccc([C@@H](O)CN3CCC(NCc4ccc5c(c4)oc(=S)n5C)CC3)c2c1.O=C(O)C=CC(=O)O.O=C(O)C=CC(=O)O. The molecule has 0 bridgehead atoms. The molecule has 0 aliphatic carbocycles. The maximum absolute atomic E-state index is 11.0. The molecule has 15 nitrogen and oxygen atoms in total. The molecule has 1 aliphatic heterocycles. The first kappa shape index (κ1) is 39.0. The maximum atomic E-state index is 11.0. The lowest BCUT2D eigenvalue weighted by atomic mass is 10.0. The number of ether oxygens (including phenoxy) is 1. The first-order valence-corrected chi connectivity index (χ1v) is 15.6. The normalized spacial score (nSPS) is 14.1. The summed E-state index contributed by atoms with van der Waals surface area (Å²) in [5.41, 5.74) is 4.80. The Balaban J connectivity index is 0.000000352. The Morgan fingerprint density at radius 1 is 0.960 bits per heavy atom. The number of aliphatic carboxylic acids is 4. The van der Waals surface area contributed by atoms with Crippen LogP contribution in [0.25, 0.3) is 22.0 Å². The highest BCUT2D eigenvalue weighted by atomic mass is 32.1. The average molecular weight is 711 g/mol. The first-order chi connectivity index (χ1) is 23.8. The number of aromatic nitrogens is 2. The van der Waals surface area contributed by atoms with Gasteiger partial charge < -0.3 is 49.5 Å². The Morgan fingerprint density at radius 3 is 2.12 bits per heavy atom. The van der Waals surface area contributed by atoms with Crippen molar-refractivity contribution in [2.75, 3.05) is 26.7 Å². The lowest BCUT2D eigenvalue weighted by Crippen LogP contribution is -2.43. The van der Waals surface area contributed by atoms with E-state index in [2.05, 4.69) is 33.4 Å². The summed E-state index contributed by atoms with van der Waals surface area (Å²) in [5, 5.41) is 46.9. The summed E-state index contributed by atoms with van der Waals surface area (Å²) >= 11 is 5.22. The van der Waals surface area contributed by atoms with Crippen molar-refractivity contribution in [3.63, 3.8) is 0 Å². The van der Waals surface area contributed by atoms with Crippen molar-refractivity contribution in [3.8, 4) is 5.75 Å². The number of oxazole rings is 1.